The molecule has 0 fully saturated rings. The lowest BCUT2D eigenvalue weighted by molar-refractivity contribution is 0.171. The first-order valence-electron chi connectivity index (χ1n) is 8.49. The van der Waals surface area contributed by atoms with E-state index in [2.05, 4.69) is 10.4 Å². The summed E-state index contributed by atoms with van der Waals surface area (Å²) < 4.78 is 38.8. The van der Waals surface area contributed by atoms with E-state index >= 15 is 0 Å². The van der Waals surface area contributed by atoms with Gasteiger partial charge in [-0.05, 0) is 29.8 Å². The maximum atomic E-state index is 14.0. The monoisotopic (exact) mass is 439 g/mol. The normalized spacial score (nSPS) is 12.7. The summed E-state index contributed by atoms with van der Waals surface area (Å²) in [5.41, 5.74) is 0.0661. The fourth-order valence-electron chi connectivity index (χ4n) is 2.84. The molecule has 0 unspecified atom stereocenters. The number of nitrogens with one attached hydrogen (secondary N) is 1. The zero-order valence-corrected chi connectivity index (χ0v) is 16.2. The van der Waals surface area contributed by atoms with Gasteiger partial charge in [0, 0.05) is 12.6 Å². The van der Waals surface area contributed by atoms with Crippen LogP contribution in [0, 0.1) is 11.6 Å². The first kappa shape index (κ1) is 19.5. The van der Waals surface area contributed by atoms with Crippen molar-refractivity contribution in [3.05, 3.63) is 74.1 Å². The topological polar surface area (TPSA) is 65.4 Å². The molecule has 0 atom stereocenters. The van der Waals surface area contributed by atoms with Crippen LogP contribution in [0.5, 0.6) is 11.5 Å². The zero-order chi connectivity index (χ0) is 20.5. The Bertz CT molecular complexity index is 1150. The Morgan fingerprint density at radius 1 is 1.14 bits per heavy atom. The van der Waals surface area contributed by atoms with E-state index in [0.717, 1.165) is 22.4 Å². The van der Waals surface area contributed by atoms with Crippen molar-refractivity contribution in [3.8, 4) is 17.2 Å². The highest BCUT2D eigenvalue weighted by Crippen LogP contribution is 2.38. The SMILES string of the molecule is O=c1c(Cl)c(NCc2cc(Cl)c3c(c2)OCCO3)cnn1-c1ccc(F)cc1F. The number of anilines is 1. The Hall–Kier alpha value is -2.84. The standard InChI is InChI=1S/C19H13Cl2F2N3O3/c20-12-5-10(6-16-18(12)29-4-3-28-16)8-24-14-9-25-26(19(27)17(14)21)15-2-1-11(22)7-13(15)23/h1-2,5-7,9,24H,3-4,8H2. The van der Waals surface area contributed by atoms with E-state index in [1.54, 1.807) is 12.1 Å². The molecule has 0 radical (unpaired) electrons. The molecule has 0 bridgehead atoms. The Morgan fingerprint density at radius 3 is 2.72 bits per heavy atom. The molecule has 4 rings (SSSR count). The van der Waals surface area contributed by atoms with E-state index < -0.39 is 17.2 Å². The summed E-state index contributed by atoms with van der Waals surface area (Å²) in [5.74, 6) is -0.665. The molecule has 10 heteroatoms. The summed E-state index contributed by atoms with van der Waals surface area (Å²) in [6.45, 7) is 1.12. The van der Waals surface area contributed by atoms with Gasteiger partial charge in [-0.25, -0.2) is 8.78 Å². The lowest BCUT2D eigenvalue weighted by Crippen LogP contribution is -2.23. The number of halogens is 4. The van der Waals surface area contributed by atoms with Gasteiger partial charge in [-0.15, -0.1) is 0 Å². The molecule has 29 heavy (non-hydrogen) atoms. The van der Waals surface area contributed by atoms with E-state index in [4.69, 9.17) is 32.7 Å². The van der Waals surface area contributed by atoms with Crippen LogP contribution in [0.2, 0.25) is 10.0 Å². The first-order chi connectivity index (χ1) is 13.9. The van der Waals surface area contributed by atoms with Crippen molar-refractivity contribution >= 4 is 28.9 Å². The van der Waals surface area contributed by atoms with Crippen molar-refractivity contribution in [3.63, 3.8) is 0 Å². The van der Waals surface area contributed by atoms with Gasteiger partial charge in [0.15, 0.2) is 17.3 Å². The van der Waals surface area contributed by atoms with Gasteiger partial charge in [-0.3, -0.25) is 4.79 Å². The average Bonchev–Trinajstić information content (AvgIpc) is 2.70. The summed E-state index contributed by atoms with van der Waals surface area (Å²) in [6.07, 6.45) is 1.28. The minimum atomic E-state index is -0.928. The van der Waals surface area contributed by atoms with Gasteiger partial charge in [-0.1, -0.05) is 23.2 Å². The zero-order valence-electron chi connectivity index (χ0n) is 14.7. The number of rotatable bonds is 4. The second kappa shape index (κ2) is 7.88. The maximum absolute atomic E-state index is 14.0. The number of aromatic nitrogens is 2. The number of hydrogen-bond acceptors (Lipinski definition) is 5. The van der Waals surface area contributed by atoms with Crippen molar-refractivity contribution in [2.24, 2.45) is 0 Å². The van der Waals surface area contributed by atoms with Gasteiger partial charge in [0.25, 0.3) is 5.56 Å². The minimum absolute atomic E-state index is 0.188. The van der Waals surface area contributed by atoms with Crippen LogP contribution in [0.15, 0.2) is 41.3 Å². The summed E-state index contributed by atoms with van der Waals surface area (Å²) in [6, 6.07) is 6.27. The Kier molecular flexibility index (Phi) is 5.29. The molecule has 1 N–H and O–H groups in total. The predicted octanol–water partition coefficient (Wildman–Crippen LogP) is 4.20. The number of hydrogen-bond donors (Lipinski definition) is 1. The molecule has 150 valence electrons. The number of benzene rings is 2. The van der Waals surface area contributed by atoms with Gasteiger partial charge < -0.3 is 14.8 Å². The van der Waals surface area contributed by atoms with E-state index in [0.29, 0.717) is 35.8 Å². The molecule has 0 saturated carbocycles. The smallest absolute Gasteiger partial charge is 0.292 e. The highest BCUT2D eigenvalue weighted by molar-refractivity contribution is 6.33. The summed E-state index contributed by atoms with van der Waals surface area (Å²) in [4.78, 5) is 12.5. The van der Waals surface area contributed by atoms with Crippen molar-refractivity contribution in [1.29, 1.82) is 0 Å². The van der Waals surface area contributed by atoms with Gasteiger partial charge in [0.05, 0.1) is 16.9 Å². The van der Waals surface area contributed by atoms with Crippen LogP contribution >= 0.6 is 23.2 Å². The fourth-order valence-corrected chi connectivity index (χ4v) is 3.33. The molecular weight excluding hydrogens is 427 g/mol. The average molecular weight is 440 g/mol. The summed E-state index contributed by atoms with van der Waals surface area (Å²) >= 11 is 12.4. The predicted molar refractivity (Wildman–Crippen MR) is 105 cm³/mol. The number of fused-ring (bicyclic) bond motifs is 1. The van der Waals surface area contributed by atoms with Gasteiger partial charge in [0.2, 0.25) is 0 Å². The molecule has 0 aliphatic carbocycles. The molecule has 0 saturated heterocycles. The Labute approximate surface area is 173 Å². The van der Waals surface area contributed by atoms with Gasteiger partial charge >= 0.3 is 0 Å². The molecule has 6 nitrogen and oxygen atoms in total. The van der Waals surface area contributed by atoms with E-state index in [-0.39, 0.29) is 22.9 Å². The van der Waals surface area contributed by atoms with Gasteiger partial charge in [0.1, 0.15) is 29.7 Å². The molecular formula is C19H13Cl2F2N3O3. The third kappa shape index (κ3) is 3.86. The van der Waals surface area contributed by atoms with Crippen LogP contribution in [-0.2, 0) is 6.54 Å². The van der Waals surface area contributed by atoms with Crippen LogP contribution < -0.4 is 20.3 Å². The van der Waals surface area contributed by atoms with Crippen LogP contribution in [0.3, 0.4) is 0 Å². The Morgan fingerprint density at radius 2 is 1.93 bits per heavy atom. The molecule has 1 aromatic heterocycles. The minimum Gasteiger partial charge on any atom is -0.486 e. The Balaban J connectivity index is 1.58. The second-order valence-corrected chi connectivity index (χ2v) is 6.93. The van der Waals surface area contributed by atoms with Crippen LogP contribution in [0.4, 0.5) is 14.5 Å². The molecule has 1 aliphatic heterocycles. The fraction of sp³-hybridized carbons (Fsp3) is 0.158. The van der Waals surface area contributed by atoms with Crippen LogP contribution in [0.25, 0.3) is 5.69 Å². The third-order valence-electron chi connectivity index (χ3n) is 4.20. The van der Waals surface area contributed by atoms with E-state index in [1.807, 2.05) is 0 Å². The lowest BCUT2D eigenvalue weighted by atomic mass is 10.2. The van der Waals surface area contributed by atoms with Crippen LogP contribution in [-0.4, -0.2) is 23.0 Å². The van der Waals surface area contributed by atoms with Crippen molar-refractivity contribution in [2.75, 3.05) is 18.5 Å². The molecule has 0 spiro atoms. The summed E-state index contributed by atoms with van der Waals surface area (Å²) in [7, 11) is 0. The lowest BCUT2D eigenvalue weighted by Gasteiger charge is -2.20. The highest BCUT2D eigenvalue weighted by atomic mass is 35.5. The molecule has 3 aromatic rings. The maximum Gasteiger partial charge on any atom is 0.292 e. The molecule has 0 amide bonds. The first-order valence-corrected chi connectivity index (χ1v) is 9.25. The quantitative estimate of drug-likeness (QED) is 0.659. The van der Waals surface area contributed by atoms with Crippen LogP contribution in [0.1, 0.15) is 5.56 Å². The van der Waals surface area contributed by atoms with Crippen molar-refractivity contribution in [2.45, 2.75) is 6.54 Å². The van der Waals surface area contributed by atoms with Gasteiger partial charge in [-0.2, -0.15) is 9.78 Å². The van der Waals surface area contributed by atoms with Crippen molar-refractivity contribution < 1.29 is 18.3 Å². The number of nitrogens with zero attached hydrogens (tertiary/aromatic N) is 2. The molecule has 1 aliphatic rings. The molecule has 2 aromatic carbocycles. The summed E-state index contributed by atoms with van der Waals surface area (Å²) in [5, 5.41) is 7.13. The third-order valence-corrected chi connectivity index (χ3v) is 4.84. The molecule has 2 heterocycles. The highest BCUT2D eigenvalue weighted by Gasteiger charge is 2.18. The largest absolute Gasteiger partial charge is 0.486 e. The van der Waals surface area contributed by atoms with E-state index in [1.165, 1.54) is 6.20 Å². The number of ether oxygens (including phenoxy) is 2. The second-order valence-electron chi connectivity index (χ2n) is 6.14. The van der Waals surface area contributed by atoms with E-state index in [9.17, 15) is 13.6 Å². The van der Waals surface area contributed by atoms with Crippen molar-refractivity contribution in [1.82, 2.24) is 9.78 Å².